The van der Waals surface area contributed by atoms with Gasteiger partial charge in [0.2, 0.25) is 0 Å². The zero-order valence-electron chi connectivity index (χ0n) is 17.9. The molecule has 0 aromatic carbocycles. The first-order chi connectivity index (χ1) is 16.6. The number of ether oxygens (including phenoxy) is 1. The Bertz CT molecular complexity index is 1100. The first-order valence-corrected chi connectivity index (χ1v) is 12.7. The monoisotopic (exact) mass is 566 g/mol. The molecule has 1 saturated heterocycles. The number of phosphoric acid groups is 2. The number of phosphoric ester groups is 1. The Hall–Kier alpha value is -1.67. The molecule has 1 aliphatic heterocycles. The summed E-state index contributed by atoms with van der Waals surface area (Å²) in [6.45, 7) is -2.40. The summed E-state index contributed by atoms with van der Waals surface area (Å²) in [5, 5.41) is 58.7. The lowest BCUT2D eigenvalue weighted by Gasteiger charge is -2.29. The molecule has 2 rings (SSSR count). The predicted molar refractivity (Wildman–Crippen MR) is 110 cm³/mol. The number of aldehydes is 1. The van der Waals surface area contributed by atoms with Crippen molar-refractivity contribution in [3.05, 3.63) is 33.1 Å². The van der Waals surface area contributed by atoms with Gasteiger partial charge in [0, 0.05) is 12.3 Å². The highest BCUT2D eigenvalue weighted by molar-refractivity contribution is 7.61. The SMILES string of the molecule is O=C[C@H](O)[C@@H](O)[C@H](O)[C@@H](CO)O[P@](=O)(OC[C@H]1O[C@@H](n2ccc(=O)[nH]c2=O)[C@H](O)[C@@H]1O)OP(=O)(O)O. The van der Waals surface area contributed by atoms with Gasteiger partial charge in [-0.05, 0) is 0 Å². The number of hydrogen-bond donors (Lipinski definition) is 9. The normalized spacial score (nSPS) is 27.7. The highest BCUT2D eigenvalue weighted by Crippen LogP contribution is 2.62. The molecule has 1 aliphatic rings. The van der Waals surface area contributed by atoms with Gasteiger partial charge in [-0.2, -0.15) is 4.31 Å². The summed E-state index contributed by atoms with van der Waals surface area (Å²) in [5.41, 5.74) is -1.81. The molecule has 0 aliphatic carbocycles. The first kappa shape index (κ1) is 30.6. The maximum Gasteiger partial charge on any atom is 0.484 e. The number of H-pyrrole nitrogens is 1. The van der Waals surface area contributed by atoms with Crippen LogP contribution in [-0.4, -0.2) is 112 Å². The van der Waals surface area contributed by atoms with Crippen LogP contribution in [0.5, 0.6) is 0 Å². The number of aliphatic hydroxyl groups excluding tert-OH is 6. The Kier molecular flexibility index (Phi) is 10.4. The summed E-state index contributed by atoms with van der Waals surface area (Å²) < 4.78 is 43.5. The first-order valence-electron chi connectivity index (χ1n) is 9.75. The van der Waals surface area contributed by atoms with Gasteiger partial charge in [0.15, 0.2) is 12.5 Å². The Labute approximate surface area is 199 Å². The van der Waals surface area contributed by atoms with E-state index in [1.165, 1.54) is 0 Å². The van der Waals surface area contributed by atoms with Crippen molar-refractivity contribution in [1.29, 1.82) is 0 Å². The molecule has 0 saturated carbocycles. The minimum atomic E-state index is -5.67. The van der Waals surface area contributed by atoms with E-state index in [9.17, 15) is 54.2 Å². The molecule has 19 nitrogen and oxygen atoms in total. The van der Waals surface area contributed by atoms with Crippen LogP contribution in [0.4, 0.5) is 0 Å². The van der Waals surface area contributed by atoms with Crippen molar-refractivity contribution in [2.75, 3.05) is 13.2 Å². The molecule has 1 fully saturated rings. The van der Waals surface area contributed by atoms with Crippen molar-refractivity contribution < 1.29 is 72.4 Å². The lowest BCUT2D eigenvalue weighted by molar-refractivity contribution is -0.135. The van der Waals surface area contributed by atoms with Crippen LogP contribution in [0, 0.1) is 0 Å². The van der Waals surface area contributed by atoms with Gasteiger partial charge >= 0.3 is 21.3 Å². The van der Waals surface area contributed by atoms with Crippen LogP contribution in [0.2, 0.25) is 0 Å². The molecule has 0 bridgehead atoms. The Morgan fingerprint density at radius 3 is 2.31 bits per heavy atom. The molecular weight excluding hydrogens is 542 g/mol. The van der Waals surface area contributed by atoms with E-state index in [4.69, 9.17) is 19.0 Å². The molecule has 0 amide bonds. The van der Waals surface area contributed by atoms with Crippen molar-refractivity contribution in [2.45, 2.75) is 49.0 Å². The van der Waals surface area contributed by atoms with Crippen LogP contribution in [0.1, 0.15) is 6.23 Å². The zero-order valence-corrected chi connectivity index (χ0v) is 19.6. The summed E-state index contributed by atoms with van der Waals surface area (Å²) in [6.07, 6.45) is -15.3. The van der Waals surface area contributed by atoms with Crippen LogP contribution in [0.25, 0.3) is 0 Å². The van der Waals surface area contributed by atoms with Crippen LogP contribution in [0.15, 0.2) is 21.9 Å². The standard InChI is InChI=1S/C15H24N2O17P2/c18-3-6(20)10(22)11(23)7(4-19)33-36(30,34-35(27,28)29)31-5-8-12(24)13(25)14(32-8)17-2-1-9(21)16-15(17)26/h1-3,6-8,10-14,19-20,22-25H,4-5H2,(H,16,21,26)(H2,27,28,29)/t6-,7+,8+,10+,11+,12+,13+,14+,36-/m0/s1. The Balaban J connectivity index is 2.22. The van der Waals surface area contributed by atoms with Gasteiger partial charge < -0.3 is 50.0 Å². The van der Waals surface area contributed by atoms with Crippen LogP contribution >= 0.6 is 15.6 Å². The number of rotatable bonds is 13. The molecule has 1 aromatic heterocycles. The van der Waals surface area contributed by atoms with Gasteiger partial charge in [0.25, 0.3) is 5.56 Å². The number of hydrogen-bond acceptors (Lipinski definition) is 15. The summed E-state index contributed by atoms with van der Waals surface area (Å²) in [7, 11) is -11.2. The van der Waals surface area contributed by atoms with Gasteiger partial charge in [-0.3, -0.25) is 23.4 Å². The fourth-order valence-corrected chi connectivity index (χ4v) is 5.26. The molecule has 0 spiro atoms. The number of nitrogens with one attached hydrogen (secondary N) is 1. The third kappa shape index (κ3) is 7.67. The summed E-state index contributed by atoms with van der Waals surface area (Å²) in [6, 6.07) is 0.903. The van der Waals surface area contributed by atoms with E-state index in [1.54, 1.807) is 0 Å². The van der Waals surface area contributed by atoms with E-state index in [0.717, 1.165) is 12.3 Å². The highest BCUT2D eigenvalue weighted by Gasteiger charge is 2.47. The van der Waals surface area contributed by atoms with Gasteiger partial charge in [-0.25, -0.2) is 13.9 Å². The number of carbonyl (C=O) groups is 1. The Morgan fingerprint density at radius 2 is 1.78 bits per heavy atom. The molecule has 1 aromatic rings. The third-order valence-electron chi connectivity index (χ3n) is 4.73. The van der Waals surface area contributed by atoms with E-state index in [-0.39, 0.29) is 6.29 Å². The maximum atomic E-state index is 12.9. The highest BCUT2D eigenvalue weighted by atomic mass is 31.3. The van der Waals surface area contributed by atoms with Crippen LogP contribution < -0.4 is 11.2 Å². The summed E-state index contributed by atoms with van der Waals surface area (Å²) in [4.78, 5) is 53.7. The van der Waals surface area contributed by atoms with Crippen LogP contribution in [0.3, 0.4) is 0 Å². The average molecular weight is 566 g/mol. The van der Waals surface area contributed by atoms with Gasteiger partial charge in [-0.1, -0.05) is 0 Å². The third-order valence-corrected chi connectivity index (χ3v) is 7.38. The van der Waals surface area contributed by atoms with Crippen LogP contribution in [-0.2, 0) is 32.0 Å². The second-order valence-corrected chi connectivity index (χ2v) is 10.3. The zero-order chi connectivity index (χ0) is 27.4. The molecule has 21 heteroatoms. The molecule has 0 radical (unpaired) electrons. The fraction of sp³-hybridized carbons (Fsp3) is 0.667. The second-order valence-electron chi connectivity index (χ2n) is 7.31. The van der Waals surface area contributed by atoms with Crippen molar-refractivity contribution >= 4 is 21.9 Å². The van der Waals surface area contributed by atoms with Gasteiger partial charge in [0.1, 0.15) is 42.7 Å². The predicted octanol–water partition coefficient (Wildman–Crippen LogP) is -4.95. The smallest absolute Gasteiger partial charge is 0.394 e. The van der Waals surface area contributed by atoms with Crippen molar-refractivity contribution in [2.24, 2.45) is 0 Å². The van der Waals surface area contributed by atoms with E-state index >= 15 is 0 Å². The second kappa shape index (κ2) is 12.2. The lowest BCUT2D eigenvalue weighted by atomic mass is 10.0. The van der Waals surface area contributed by atoms with Gasteiger partial charge in [0.05, 0.1) is 13.2 Å². The summed E-state index contributed by atoms with van der Waals surface area (Å²) in [5.74, 6) is 0. The molecule has 36 heavy (non-hydrogen) atoms. The number of aliphatic hydroxyl groups is 6. The largest absolute Gasteiger partial charge is 0.484 e. The number of carbonyl (C=O) groups excluding carboxylic acids is 1. The minimum Gasteiger partial charge on any atom is -0.394 e. The fourth-order valence-electron chi connectivity index (χ4n) is 2.96. The molecule has 9 atom stereocenters. The van der Waals surface area contributed by atoms with Gasteiger partial charge in [-0.15, -0.1) is 0 Å². The average Bonchev–Trinajstić information content (AvgIpc) is 3.07. The van der Waals surface area contributed by atoms with E-state index in [2.05, 4.69) is 8.83 Å². The number of nitrogens with zero attached hydrogens (tertiary/aromatic N) is 1. The van der Waals surface area contributed by atoms with E-state index in [0.29, 0.717) is 4.57 Å². The molecular formula is C15H24N2O17P2. The number of aromatic amines is 1. The van der Waals surface area contributed by atoms with Crippen molar-refractivity contribution in [1.82, 2.24) is 9.55 Å². The van der Waals surface area contributed by atoms with Crippen molar-refractivity contribution in [3.8, 4) is 0 Å². The summed E-state index contributed by atoms with van der Waals surface area (Å²) >= 11 is 0. The molecule has 2 heterocycles. The Morgan fingerprint density at radius 1 is 1.14 bits per heavy atom. The minimum absolute atomic E-state index is 0.196. The molecule has 206 valence electrons. The lowest BCUT2D eigenvalue weighted by Crippen LogP contribution is -2.47. The maximum absolute atomic E-state index is 12.9. The molecule has 9 N–H and O–H groups in total. The van der Waals surface area contributed by atoms with E-state index in [1.807, 2.05) is 4.98 Å². The quantitative estimate of drug-likeness (QED) is 0.0797. The number of aromatic nitrogens is 2. The van der Waals surface area contributed by atoms with Crippen molar-refractivity contribution in [3.63, 3.8) is 0 Å². The topological polar surface area (TPSA) is 305 Å². The van der Waals surface area contributed by atoms with E-state index < -0.39 is 89.1 Å². The molecule has 0 unspecified atom stereocenters.